The number of amides is 4. The minimum Gasteiger partial charge on any atom is -0.475 e. The molecular weight excluding hydrogens is 561 g/mol. The molecule has 42 heavy (non-hydrogen) atoms. The molecule has 1 aromatic heterocycles. The van der Waals surface area contributed by atoms with Crippen molar-refractivity contribution in [3.8, 4) is 0 Å². The van der Waals surface area contributed by atoms with Gasteiger partial charge in [0.25, 0.3) is 0 Å². The first-order valence-electron chi connectivity index (χ1n) is 13.6. The summed E-state index contributed by atoms with van der Waals surface area (Å²) in [6.45, 7) is 1.09. The summed E-state index contributed by atoms with van der Waals surface area (Å²) < 4.78 is 31.7. The molecule has 0 bridgehead atoms. The topological polar surface area (TPSA) is 196 Å². The van der Waals surface area contributed by atoms with Gasteiger partial charge in [-0.25, -0.2) is 4.79 Å². The first-order chi connectivity index (χ1) is 19.9. The zero-order chi connectivity index (χ0) is 31.1. The monoisotopic (exact) mass is 598 g/mol. The Hall–Kier alpha value is -4.14. The average Bonchev–Trinajstić information content (AvgIpc) is 3.33. The molecule has 12 nitrogen and oxygen atoms in total. The van der Waals surface area contributed by atoms with Gasteiger partial charge in [-0.1, -0.05) is 24.6 Å². The number of nitrogens with two attached hydrogens (primary N) is 1. The molecule has 1 fully saturated rings. The molecule has 0 radical (unpaired) electrons. The molecule has 8 N–H and O–H groups in total. The molecule has 15 heteroatoms. The van der Waals surface area contributed by atoms with Crippen LogP contribution in [0.4, 0.5) is 13.2 Å². The minimum absolute atomic E-state index is 0.112. The fraction of sp³-hybridized carbons (Fsp3) is 0.519. The number of aromatic nitrogens is 1. The van der Waals surface area contributed by atoms with Crippen LogP contribution >= 0.6 is 0 Å². The van der Waals surface area contributed by atoms with E-state index in [0.29, 0.717) is 19.4 Å². The van der Waals surface area contributed by atoms with Crippen LogP contribution in [0, 0.1) is 5.92 Å². The SMILES string of the molecule is NCCCC[C@H]1CC(=O)NCCC(=O)NCCC(=O)NC[C@H](Cc2c[nH]c3ccccc23)C(=O)N1.O=C(O)C(F)(F)F. The van der Waals surface area contributed by atoms with E-state index >= 15 is 0 Å². The first-order valence-corrected chi connectivity index (χ1v) is 13.6. The van der Waals surface area contributed by atoms with Gasteiger partial charge in [0.15, 0.2) is 0 Å². The number of aliphatic carboxylic acids is 1. The van der Waals surface area contributed by atoms with Crippen LogP contribution in [-0.4, -0.2) is 78.1 Å². The largest absolute Gasteiger partial charge is 0.490 e. The molecule has 3 rings (SSSR count). The van der Waals surface area contributed by atoms with Crippen LogP contribution in [0.2, 0.25) is 0 Å². The Kier molecular flexibility index (Phi) is 13.8. The van der Waals surface area contributed by atoms with Crippen molar-refractivity contribution in [1.82, 2.24) is 26.3 Å². The van der Waals surface area contributed by atoms with E-state index in [1.807, 2.05) is 30.5 Å². The lowest BCUT2D eigenvalue weighted by Crippen LogP contribution is -2.46. The van der Waals surface area contributed by atoms with Crippen molar-refractivity contribution in [2.24, 2.45) is 11.7 Å². The maximum absolute atomic E-state index is 13.4. The van der Waals surface area contributed by atoms with E-state index in [2.05, 4.69) is 26.3 Å². The molecule has 0 aliphatic carbocycles. The number of alkyl halides is 3. The predicted molar refractivity (Wildman–Crippen MR) is 147 cm³/mol. The number of hydrogen-bond donors (Lipinski definition) is 7. The van der Waals surface area contributed by atoms with E-state index in [9.17, 15) is 32.3 Å². The molecule has 4 amide bonds. The Balaban J connectivity index is 0.000000782. The number of halogens is 3. The zero-order valence-corrected chi connectivity index (χ0v) is 23.0. The van der Waals surface area contributed by atoms with Gasteiger partial charge < -0.3 is 37.1 Å². The fourth-order valence-electron chi connectivity index (χ4n) is 4.24. The number of rotatable bonds is 6. The van der Waals surface area contributed by atoms with Crippen LogP contribution in [0.1, 0.15) is 44.1 Å². The second kappa shape index (κ2) is 17.0. The van der Waals surface area contributed by atoms with Crippen molar-refractivity contribution in [3.05, 3.63) is 36.0 Å². The van der Waals surface area contributed by atoms with E-state index in [1.54, 1.807) is 0 Å². The molecule has 1 aliphatic heterocycles. The summed E-state index contributed by atoms with van der Waals surface area (Å²) in [6.07, 6.45) is -0.225. The Morgan fingerprint density at radius 3 is 2.21 bits per heavy atom. The van der Waals surface area contributed by atoms with Crippen LogP contribution in [0.3, 0.4) is 0 Å². The predicted octanol–water partition coefficient (Wildman–Crippen LogP) is 1.11. The third-order valence-electron chi connectivity index (χ3n) is 6.43. The van der Waals surface area contributed by atoms with Gasteiger partial charge in [0, 0.05) is 62.0 Å². The second-order valence-electron chi connectivity index (χ2n) is 9.76. The number of fused-ring (bicyclic) bond motifs is 1. The van der Waals surface area contributed by atoms with Gasteiger partial charge in [-0.15, -0.1) is 0 Å². The van der Waals surface area contributed by atoms with Crippen molar-refractivity contribution in [2.45, 2.75) is 57.2 Å². The summed E-state index contributed by atoms with van der Waals surface area (Å²) in [7, 11) is 0. The Bertz CT molecular complexity index is 1220. The maximum atomic E-state index is 13.4. The van der Waals surface area contributed by atoms with Crippen molar-refractivity contribution >= 4 is 40.5 Å². The number of unbranched alkanes of at least 4 members (excludes halogenated alkanes) is 1. The number of para-hydroxylation sites is 1. The quantitative estimate of drug-likeness (QED) is 0.242. The van der Waals surface area contributed by atoms with Gasteiger partial charge in [-0.05, 0) is 37.4 Å². The van der Waals surface area contributed by atoms with E-state index in [1.165, 1.54) is 0 Å². The van der Waals surface area contributed by atoms with Crippen LogP contribution in [-0.2, 0) is 30.4 Å². The summed E-state index contributed by atoms with van der Waals surface area (Å²) in [5.74, 6) is -4.17. The minimum atomic E-state index is -5.08. The summed E-state index contributed by atoms with van der Waals surface area (Å²) >= 11 is 0. The van der Waals surface area contributed by atoms with Gasteiger partial charge in [-0.3, -0.25) is 19.2 Å². The zero-order valence-electron chi connectivity index (χ0n) is 23.0. The maximum Gasteiger partial charge on any atom is 0.490 e. The van der Waals surface area contributed by atoms with E-state index in [-0.39, 0.29) is 68.6 Å². The van der Waals surface area contributed by atoms with E-state index in [4.69, 9.17) is 15.6 Å². The average molecular weight is 599 g/mol. The second-order valence-corrected chi connectivity index (χ2v) is 9.76. The van der Waals surface area contributed by atoms with E-state index < -0.39 is 18.1 Å². The third-order valence-corrected chi connectivity index (χ3v) is 6.43. The molecule has 0 saturated carbocycles. The summed E-state index contributed by atoms with van der Waals surface area (Å²) in [4.78, 5) is 62.3. The standard InChI is InChI=1S/C25H36N6O4.C2HF3O2/c26-10-4-3-5-19-14-24(34)28-12-8-22(32)27-11-9-23(33)30-16-18(25(35)31-19)13-17-15-29-21-7-2-1-6-20(17)21;3-2(4,5)1(6)7/h1-2,6-7,15,18-19,29H,3-5,8-14,16,26H2,(H,27,32)(H,28,34)(H,30,33)(H,31,35);(H,6,7)/t18-,19-;/m0./s1. The number of carboxylic acid groups (broad SMARTS) is 1. The smallest absolute Gasteiger partial charge is 0.475 e. The molecule has 2 aromatic rings. The summed E-state index contributed by atoms with van der Waals surface area (Å²) in [5, 5.41) is 19.5. The lowest BCUT2D eigenvalue weighted by atomic mass is 9.96. The number of carboxylic acids is 1. The third kappa shape index (κ3) is 12.2. The highest BCUT2D eigenvalue weighted by Crippen LogP contribution is 2.21. The van der Waals surface area contributed by atoms with Gasteiger partial charge >= 0.3 is 12.1 Å². The highest BCUT2D eigenvalue weighted by atomic mass is 19.4. The Labute approximate surface area is 240 Å². The van der Waals surface area contributed by atoms with Gasteiger partial charge in [0.1, 0.15) is 0 Å². The highest BCUT2D eigenvalue weighted by molar-refractivity contribution is 5.86. The number of aromatic amines is 1. The lowest BCUT2D eigenvalue weighted by Gasteiger charge is -2.23. The summed E-state index contributed by atoms with van der Waals surface area (Å²) in [5.41, 5.74) is 7.58. The number of carbonyl (C=O) groups excluding carboxylic acids is 4. The van der Waals surface area contributed by atoms with E-state index in [0.717, 1.165) is 29.3 Å². The molecule has 2 heterocycles. The van der Waals surface area contributed by atoms with Crippen LogP contribution in [0.15, 0.2) is 30.5 Å². The number of nitrogens with one attached hydrogen (secondary N) is 5. The molecule has 1 aromatic carbocycles. The van der Waals surface area contributed by atoms with Gasteiger partial charge in [0.2, 0.25) is 23.6 Å². The van der Waals surface area contributed by atoms with Crippen LogP contribution < -0.4 is 27.0 Å². The molecule has 232 valence electrons. The van der Waals surface area contributed by atoms with Crippen molar-refractivity contribution in [3.63, 3.8) is 0 Å². The Morgan fingerprint density at radius 2 is 1.57 bits per heavy atom. The molecular formula is C27H37F3N6O6. The summed E-state index contributed by atoms with van der Waals surface area (Å²) in [6, 6.07) is 7.49. The van der Waals surface area contributed by atoms with Gasteiger partial charge in [-0.2, -0.15) is 13.2 Å². The number of H-pyrrole nitrogens is 1. The number of benzene rings is 1. The number of carbonyl (C=O) groups is 5. The van der Waals surface area contributed by atoms with Crippen molar-refractivity contribution in [1.29, 1.82) is 0 Å². The molecule has 0 spiro atoms. The first kappa shape index (κ1) is 34.1. The normalized spacial score (nSPS) is 19.5. The fourth-order valence-corrected chi connectivity index (χ4v) is 4.24. The van der Waals surface area contributed by atoms with Crippen LogP contribution in [0.5, 0.6) is 0 Å². The van der Waals surface area contributed by atoms with Crippen molar-refractivity contribution in [2.75, 3.05) is 26.2 Å². The van der Waals surface area contributed by atoms with Gasteiger partial charge in [0.05, 0.1) is 5.92 Å². The molecule has 1 saturated heterocycles. The molecule has 2 atom stereocenters. The number of hydrogen-bond acceptors (Lipinski definition) is 6. The molecule has 0 unspecified atom stereocenters. The Morgan fingerprint density at radius 1 is 0.952 bits per heavy atom. The van der Waals surface area contributed by atoms with Crippen LogP contribution in [0.25, 0.3) is 10.9 Å². The van der Waals surface area contributed by atoms with Crippen molar-refractivity contribution < 1.29 is 42.3 Å². The lowest BCUT2D eigenvalue weighted by molar-refractivity contribution is -0.192. The highest BCUT2D eigenvalue weighted by Gasteiger charge is 2.38. The molecule has 1 aliphatic rings.